The number of aromatic hydroxyl groups is 3. The molecule has 15 N–H and O–H groups in total. The van der Waals surface area contributed by atoms with Crippen molar-refractivity contribution in [2.24, 2.45) is 29.4 Å². The van der Waals surface area contributed by atoms with Crippen LogP contribution in [0.5, 0.6) is 46.0 Å². The second kappa shape index (κ2) is 39.7. The SMILES string of the molecule is CC(C)CC(C)C(=O)NC1C(=O)CC(CC(N)=O)C(=O)NC2CCC3C(=O)CC(C(=O)NC(C(=O)CCCC[N+](C)(C)C)c4cc(O)cc(O)c4-c4cc3ccc4O)C(O)c3ccc(c(Cl)c3)Oc3cc2cc(c3OC2OC(CO)C(O)C(O)C2OC2CC(C)(NCc3ccc(-c4ccc(Cl)cc4)cc3)C(O)C(C)O2)Oc2ccc(cc2Cl)[C@@H]1O.[Y]. The molecule has 11 bridgehead atoms. The summed E-state index contributed by atoms with van der Waals surface area (Å²) in [5.74, 6) is -14.9. The number of Topliss-reactive ketones (excluding diaryl/α,β-unsaturated/α-hetero) is 3. The molecule has 32 heteroatoms. The third-order valence-electron chi connectivity index (χ3n) is 23.1. The Bertz CT molecular complexity index is 4960. The van der Waals surface area contributed by atoms with Crippen LogP contribution in [0, 0.1) is 23.7 Å². The molecule has 18 atom stereocenters. The quantitative estimate of drug-likeness (QED) is 0.0235. The number of carbonyl (C=O) groups is 7. The van der Waals surface area contributed by atoms with Crippen molar-refractivity contribution in [2.45, 2.75) is 196 Å². The molecular formula is C89H104Cl3N6O22Y+. The van der Waals surface area contributed by atoms with E-state index in [9.17, 15) is 60.3 Å². The third-order valence-corrected chi connectivity index (χ3v) is 23.9. The summed E-state index contributed by atoms with van der Waals surface area (Å²) in [6.45, 7) is 8.80. The van der Waals surface area contributed by atoms with E-state index in [1.807, 2.05) is 71.4 Å². The Morgan fingerprint density at radius 2 is 1.32 bits per heavy atom. The van der Waals surface area contributed by atoms with Gasteiger partial charge < -0.3 is 106 Å². The molecular weight excluding hydrogens is 1700 g/mol. The molecule has 7 heterocycles. The predicted molar refractivity (Wildman–Crippen MR) is 443 cm³/mol. The zero-order chi connectivity index (χ0) is 86.7. The third kappa shape index (κ3) is 22.1. The first-order valence-corrected chi connectivity index (χ1v) is 41.3. The van der Waals surface area contributed by atoms with Crippen LogP contribution in [0.3, 0.4) is 0 Å². The van der Waals surface area contributed by atoms with Gasteiger partial charge in [0, 0.05) is 111 Å². The number of phenols is 3. The average molecular weight is 1810 g/mol. The van der Waals surface area contributed by atoms with E-state index in [0.717, 1.165) is 28.8 Å². The number of rotatable bonds is 21. The number of fused-ring (bicyclic) bond motifs is 15. The van der Waals surface area contributed by atoms with Gasteiger partial charge in [0.2, 0.25) is 35.7 Å². The van der Waals surface area contributed by atoms with Crippen LogP contribution in [-0.4, -0.2) is 186 Å². The zero-order valence-corrected chi connectivity index (χ0v) is 73.4. The Balaban J connectivity index is 0.0000143. The number of nitrogens with one attached hydrogen (secondary N) is 4. The minimum absolute atomic E-state index is 0. The molecule has 7 aliphatic rings. The number of ketones is 3. The number of carbonyl (C=O) groups excluding carboxylic acids is 7. The summed E-state index contributed by atoms with van der Waals surface area (Å²) in [5, 5.41) is 120. The summed E-state index contributed by atoms with van der Waals surface area (Å²) in [6, 6.07) is 26.9. The van der Waals surface area contributed by atoms with Crippen molar-refractivity contribution >= 4 is 75.8 Å². The van der Waals surface area contributed by atoms with Crippen molar-refractivity contribution in [3.05, 3.63) is 176 Å². The monoisotopic (exact) mass is 1800 g/mol. The van der Waals surface area contributed by atoms with Crippen molar-refractivity contribution in [1.82, 2.24) is 21.3 Å². The van der Waals surface area contributed by atoms with E-state index >= 15 is 19.2 Å². The number of unbranched alkanes of at least 4 members (excludes halogenated alkanes) is 1. The first-order valence-electron chi connectivity index (χ1n) is 40.2. The first kappa shape index (κ1) is 93.5. The molecule has 7 aromatic rings. The van der Waals surface area contributed by atoms with Crippen LogP contribution in [0.2, 0.25) is 15.1 Å². The maximum Gasteiger partial charge on any atom is 0.230 e. The number of phenolic OH excluding ortho intramolecular Hbond substituents is 3. The molecule has 7 aromatic carbocycles. The van der Waals surface area contributed by atoms with E-state index in [4.69, 9.17) is 69.0 Å². The van der Waals surface area contributed by atoms with Crippen molar-refractivity contribution < 1.29 is 145 Å². The van der Waals surface area contributed by atoms with Crippen LogP contribution in [-0.2, 0) is 87.0 Å². The van der Waals surface area contributed by atoms with Crippen molar-refractivity contribution in [3.8, 4) is 68.2 Å². The minimum atomic E-state index is -1.98. The number of nitrogens with two attached hydrogens (primary N) is 1. The van der Waals surface area contributed by atoms with Gasteiger partial charge in [0.25, 0.3) is 0 Å². The van der Waals surface area contributed by atoms with Gasteiger partial charge in [-0.1, -0.05) is 110 Å². The van der Waals surface area contributed by atoms with Gasteiger partial charge in [0.05, 0.1) is 80.5 Å². The molecule has 2 fully saturated rings. The Hall–Kier alpha value is -8.24. The molecule has 4 amide bonds. The van der Waals surface area contributed by atoms with Gasteiger partial charge in [-0.25, -0.2) is 0 Å². The van der Waals surface area contributed by atoms with E-state index in [-0.39, 0.29) is 143 Å². The summed E-state index contributed by atoms with van der Waals surface area (Å²) in [5.41, 5.74) is 6.99. The summed E-state index contributed by atoms with van der Waals surface area (Å²) in [6.07, 6.45) is -18.7. The van der Waals surface area contributed by atoms with Gasteiger partial charge >= 0.3 is 0 Å². The fourth-order valence-corrected chi connectivity index (χ4v) is 17.0. The van der Waals surface area contributed by atoms with E-state index in [0.29, 0.717) is 35.3 Å². The van der Waals surface area contributed by atoms with Gasteiger partial charge in [-0.05, 0) is 163 Å². The number of quaternary nitrogens is 1. The molecule has 0 saturated carbocycles. The van der Waals surface area contributed by atoms with Gasteiger partial charge in [0.1, 0.15) is 71.0 Å². The zero-order valence-electron chi connectivity index (χ0n) is 68.3. The second-order valence-corrected chi connectivity index (χ2v) is 35.0. The number of hydrogen-bond donors (Lipinski definition) is 14. The fraction of sp³-hybridized carbons (Fsp3) is 0.449. The van der Waals surface area contributed by atoms with Crippen LogP contribution >= 0.6 is 34.8 Å². The Morgan fingerprint density at radius 1 is 0.694 bits per heavy atom. The molecule has 0 spiro atoms. The molecule has 28 nitrogen and oxygen atoms in total. The summed E-state index contributed by atoms with van der Waals surface area (Å²) >= 11 is 20.7. The number of halogens is 3. The van der Waals surface area contributed by atoms with Crippen molar-refractivity contribution in [1.29, 1.82) is 0 Å². The molecule has 645 valence electrons. The topological polar surface area (TPSA) is 431 Å². The first-order chi connectivity index (χ1) is 56.8. The van der Waals surface area contributed by atoms with Crippen molar-refractivity contribution in [2.75, 3.05) is 34.3 Å². The van der Waals surface area contributed by atoms with Gasteiger partial charge in [-0.2, -0.15) is 0 Å². The Morgan fingerprint density at radius 3 is 1.93 bits per heavy atom. The molecule has 0 aliphatic carbocycles. The maximum atomic E-state index is 16.0. The molecule has 17 unspecified atom stereocenters. The Kier molecular flexibility index (Phi) is 30.7. The molecule has 2 saturated heterocycles. The summed E-state index contributed by atoms with van der Waals surface area (Å²) < 4.78 is 40.8. The van der Waals surface area contributed by atoms with E-state index in [1.165, 1.54) is 66.7 Å². The van der Waals surface area contributed by atoms with Crippen LogP contribution in [0.4, 0.5) is 0 Å². The molecule has 121 heavy (non-hydrogen) atoms. The molecule has 7 aliphatic heterocycles. The maximum absolute atomic E-state index is 16.0. The van der Waals surface area contributed by atoms with Crippen LogP contribution in [0.25, 0.3) is 22.3 Å². The number of aliphatic hydroxyl groups is 6. The van der Waals surface area contributed by atoms with E-state index in [1.54, 1.807) is 32.9 Å². The number of amides is 4. The van der Waals surface area contributed by atoms with Crippen LogP contribution in [0.15, 0.2) is 127 Å². The minimum Gasteiger partial charge on any atom is -0.508 e. The van der Waals surface area contributed by atoms with Crippen LogP contribution in [0.1, 0.15) is 162 Å². The normalized spacial score (nSPS) is 26.7. The summed E-state index contributed by atoms with van der Waals surface area (Å²) in [7, 11) is 5.95. The number of benzene rings is 7. The summed E-state index contributed by atoms with van der Waals surface area (Å²) in [4.78, 5) is 105. The van der Waals surface area contributed by atoms with Crippen molar-refractivity contribution in [3.63, 3.8) is 0 Å². The fourth-order valence-electron chi connectivity index (χ4n) is 16.5. The number of hydrogen-bond acceptors (Lipinski definition) is 23. The second-order valence-electron chi connectivity index (χ2n) is 33.7. The van der Waals surface area contributed by atoms with Gasteiger partial charge in [0.15, 0.2) is 35.5 Å². The molecule has 14 rings (SSSR count). The predicted octanol–water partition coefficient (Wildman–Crippen LogP) is 10.6. The number of primary amides is 1. The molecule has 1 radical (unpaired) electrons. The van der Waals surface area contributed by atoms with Gasteiger partial charge in [-0.3, -0.25) is 33.6 Å². The smallest absolute Gasteiger partial charge is 0.230 e. The van der Waals surface area contributed by atoms with Crippen LogP contribution < -0.4 is 41.2 Å². The number of nitrogens with zero attached hydrogens (tertiary/aromatic N) is 1. The van der Waals surface area contributed by atoms with E-state index < -0.39 is 199 Å². The number of aliphatic hydroxyl groups excluding tert-OH is 6. The largest absolute Gasteiger partial charge is 0.508 e. The average Bonchev–Trinajstić information content (AvgIpc) is 0.766. The standard InChI is InChI=1S/C89H103Cl3N6O22.Y/c1-43(2)29-44(3)85(112)97-77-67(105)33-53(36-73(93)106)86(113)95-62-24-23-56-49-18-25-63(101)57(30-49)75-58(37-55(100)38-66(75)104)76(64(102)11-9-10-28-98(6,7)8)96-87(114)59(39-65(56)103)78(107)50-19-26-68(60(91)31-50)116-70-34-52(62)35-71(117-69-27-20-51(79(77)108)32-61(69)92)82(70)120-88-83(81(110)80(109)72(42-99)118-88)119-74-40-89(5,84(111)45(4)115-74)94-41-46-12-14-47(15-13-46)48-16-21-54(90)22-17-48;/h12-22,25-27,30-32,34-35,37-38,43-45,53,56,59,62,72,74,76-81,83-84,88,94,99,107-111H,9-11,23-24,28-29,33,36,39-42H2,1-8H3,(H7-,93,95,96,97,100,101,104,106,112,113,114);/p+1/t44?,45?,53?,56?,59?,62?,72?,74?,76?,77?,78?,79-,80?,81?,83?,84?,88?,89?;/m0./s1. The van der Waals surface area contributed by atoms with E-state index in [2.05, 4.69) is 21.3 Å². The Labute approximate surface area is 741 Å². The number of ether oxygens (including phenoxy) is 6. The molecule has 0 aromatic heterocycles. The van der Waals surface area contributed by atoms with Gasteiger partial charge in [-0.15, -0.1) is 0 Å².